The van der Waals surface area contributed by atoms with Gasteiger partial charge in [-0.15, -0.1) is 0 Å². The van der Waals surface area contributed by atoms with E-state index in [2.05, 4.69) is 24.1 Å². The van der Waals surface area contributed by atoms with E-state index in [0.717, 1.165) is 5.52 Å². The molecule has 3 rings (SSSR count). The first kappa shape index (κ1) is 20.6. The number of amides is 1. The lowest BCUT2D eigenvalue weighted by molar-refractivity contribution is -0.124. The molecule has 0 saturated heterocycles. The van der Waals surface area contributed by atoms with Crippen molar-refractivity contribution in [2.24, 2.45) is 5.92 Å². The Morgan fingerprint density at radius 1 is 1.10 bits per heavy atom. The molecule has 0 unspecified atom stereocenters. The fourth-order valence-electron chi connectivity index (χ4n) is 3.06. The summed E-state index contributed by atoms with van der Waals surface area (Å²) in [7, 11) is 0. The number of aromatic nitrogens is 1. The number of fused-ring (bicyclic) bond motifs is 1. The third-order valence-corrected chi connectivity index (χ3v) is 4.52. The van der Waals surface area contributed by atoms with Gasteiger partial charge < -0.3 is 14.5 Å². The maximum atomic E-state index is 12.5. The maximum Gasteiger partial charge on any atom is 0.258 e. The number of nitrogens with one attached hydrogen (secondary N) is 1. The molecular formula is C23H26N2O4. The van der Waals surface area contributed by atoms with E-state index in [4.69, 9.17) is 9.15 Å². The van der Waals surface area contributed by atoms with Crippen LogP contribution in [0, 0.1) is 5.92 Å². The number of hydrogen-bond donors (Lipinski definition) is 1. The number of para-hydroxylation sites is 2. The molecular weight excluding hydrogens is 368 g/mol. The normalized spacial score (nSPS) is 12.1. The molecule has 0 bridgehead atoms. The highest BCUT2D eigenvalue weighted by molar-refractivity contribution is 5.95. The second-order valence-electron chi connectivity index (χ2n) is 7.36. The van der Waals surface area contributed by atoms with E-state index < -0.39 is 0 Å². The van der Waals surface area contributed by atoms with Crippen molar-refractivity contribution in [3.05, 3.63) is 60.0 Å². The van der Waals surface area contributed by atoms with Crippen molar-refractivity contribution in [1.29, 1.82) is 0 Å². The van der Waals surface area contributed by atoms with Crippen molar-refractivity contribution >= 4 is 22.8 Å². The van der Waals surface area contributed by atoms with Crippen molar-refractivity contribution < 1.29 is 18.7 Å². The zero-order chi connectivity index (χ0) is 20.8. The van der Waals surface area contributed by atoms with Crippen LogP contribution in [0.5, 0.6) is 5.75 Å². The van der Waals surface area contributed by atoms with Crippen LogP contribution in [0.25, 0.3) is 11.1 Å². The SMILES string of the molecule is CCC(=O)c1ccc(OCC(=O)N[C@H](CC(C)C)c2nc3ccccc3o2)cc1. The zero-order valence-corrected chi connectivity index (χ0v) is 17.0. The first-order valence-corrected chi connectivity index (χ1v) is 9.87. The van der Waals surface area contributed by atoms with Gasteiger partial charge in [0, 0.05) is 12.0 Å². The average molecular weight is 394 g/mol. The monoisotopic (exact) mass is 394 g/mol. The number of carbonyl (C=O) groups is 2. The summed E-state index contributed by atoms with van der Waals surface area (Å²) in [5.41, 5.74) is 2.10. The summed E-state index contributed by atoms with van der Waals surface area (Å²) in [6.07, 6.45) is 1.15. The molecule has 1 amide bonds. The summed E-state index contributed by atoms with van der Waals surface area (Å²) in [6, 6.07) is 14.0. The molecule has 152 valence electrons. The molecule has 0 radical (unpaired) electrons. The van der Waals surface area contributed by atoms with Crippen LogP contribution >= 0.6 is 0 Å². The molecule has 2 aromatic carbocycles. The largest absolute Gasteiger partial charge is 0.484 e. The number of oxazole rings is 1. The van der Waals surface area contributed by atoms with E-state index in [1.165, 1.54) is 0 Å². The van der Waals surface area contributed by atoms with Gasteiger partial charge in [-0.3, -0.25) is 9.59 Å². The van der Waals surface area contributed by atoms with Crippen molar-refractivity contribution in [3.8, 4) is 5.75 Å². The first-order chi connectivity index (χ1) is 14.0. The lowest BCUT2D eigenvalue weighted by Crippen LogP contribution is -2.33. The molecule has 6 heteroatoms. The summed E-state index contributed by atoms with van der Waals surface area (Å²) in [6.45, 7) is 5.85. The smallest absolute Gasteiger partial charge is 0.258 e. The van der Waals surface area contributed by atoms with Gasteiger partial charge >= 0.3 is 0 Å². The molecule has 0 aliphatic rings. The number of rotatable bonds is 9. The summed E-state index contributed by atoms with van der Waals surface area (Å²) >= 11 is 0. The predicted molar refractivity (Wildman–Crippen MR) is 111 cm³/mol. The number of ketones is 1. The highest BCUT2D eigenvalue weighted by Crippen LogP contribution is 2.25. The fourth-order valence-corrected chi connectivity index (χ4v) is 3.06. The number of Topliss-reactive ketones (excluding diaryl/α,β-unsaturated/α-hetero) is 1. The maximum absolute atomic E-state index is 12.5. The molecule has 1 N–H and O–H groups in total. The summed E-state index contributed by atoms with van der Waals surface area (Å²) in [4.78, 5) is 28.7. The lowest BCUT2D eigenvalue weighted by Gasteiger charge is -2.17. The molecule has 29 heavy (non-hydrogen) atoms. The zero-order valence-electron chi connectivity index (χ0n) is 17.0. The third-order valence-electron chi connectivity index (χ3n) is 4.52. The summed E-state index contributed by atoms with van der Waals surface area (Å²) in [5, 5.41) is 2.96. The Balaban J connectivity index is 1.63. The van der Waals surface area contributed by atoms with Crippen molar-refractivity contribution in [2.45, 2.75) is 39.7 Å². The second kappa shape index (κ2) is 9.37. The summed E-state index contributed by atoms with van der Waals surface area (Å²) in [5.74, 6) is 1.20. The topological polar surface area (TPSA) is 81.4 Å². The number of ether oxygens (including phenoxy) is 1. The molecule has 6 nitrogen and oxygen atoms in total. The molecule has 3 aromatic rings. The lowest BCUT2D eigenvalue weighted by atomic mass is 10.0. The standard InChI is InChI=1S/C23H26N2O4/c1-4-20(26)16-9-11-17(12-10-16)28-14-22(27)24-19(13-15(2)3)23-25-18-7-5-6-8-21(18)29-23/h5-12,15,19H,4,13-14H2,1-3H3,(H,24,27)/t19-/m1/s1. The molecule has 0 aliphatic heterocycles. The van der Waals surface area contributed by atoms with Crippen LogP contribution in [0.2, 0.25) is 0 Å². The van der Waals surface area contributed by atoms with Gasteiger partial charge in [0.1, 0.15) is 17.3 Å². The Labute approximate surface area is 170 Å². The van der Waals surface area contributed by atoms with Crippen LogP contribution in [0.3, 0.4) is 0 Å². The molecule has 1 heterocycles. The van der Waals surface area contributed by atoms with Gasteiger partial charge in [-0.1, -0.05) is 32.9 Å². The van der Waals surface area contributed by atoms with Crippen LogP contribution in [0.4, 0.5) is 0 Å². The van der Waals surface area contributed by atoms with E-state index in [1.54, 1.807) is 24.3 Å². The number of hydrogen-bond acceptors (Lipinski definition) is 5. The van der Waals surface area contributed by atoms with Crippen molar-refractivity contribution in [3.63, 3.8) is 0 Å². The first-order valence-electron chi connectivity index (χ1n) is 9.87. The van der Waals surface area contributed by atoms with Gasteiger partial charge in [0.25, 0.3) is 5.91 Å². The van der Waals surface area contributed by atoms with Crippen LogP contribution in [-0.4, -0.2) is 23.3 Å². The minimum absolute atomic E-state index is 0.0733. The van der Waals surface area contributed by atoms with Crippen molar-refractivity contribution in [2.75, 3.05) is 6.61 Å². The fraction of sp³-hybridized carbons (Fsp3) is 0.348. The third kappa shape index (κ3) is 5.44. The molecule has 0 aliphatic carbocycles. The Morgan fingerprint density at radius 3 is 2.48 bits per heavy atom. The Kier molecular flexibility index (Phi) is 6.65. The minimum atomic E-state index is -0.331. The van der Waals surface area contributed by atoms with E-state index in [1.807, 2.05) is 31.2 Å². The van der Waals surface area contributed by atoms with E-state index in [9.17, 15) is 9.59 Å². The van der Waals surface area contributed by atoms with Gasteiger partial charge in [-0.25, -0.2) is 4.98 Å². The molecule has 0 fully saturated rings. The number of benzene rings is 2. The Hall–Kier alpha value is -3.15. The molecule has 0 spiro atoms. The van der Waals surface area contributed by atoms with E-state index >= 15 is 0 Å². The quantitative estimate of drug-likeness (QED) is 0.532. The van der Waals surface area contributed by atoms with Gasteiger partial charge in [-0.2, -0.15) is 0 Å². The molecule has 1 atom stereocenters. The van der Waals surface area contributed by atoms with Crippen LogP contribution in [0.15, 0.2) is 52.9 Å². The average Bonchev–Trinajstić information content (AvgIpc) is 3.15. The highest BCUT2D eigenvalue weighted by Gasteiger charge is 2.22. The highest BCUT2D eigenvalue weighted by atomic mass is 16.5. The second-order valence-corrected chi connectivity index (χ2v) is 7.36. The molecule has 0 saturated carbocycles. The van der Waals surface area contributed by atoms with E-state index in [0.29, 0.717) is 41.5 Å². The van der Waals surface area contributed by atoms with Crippen LogP contribution in [-0.2, 0) is 4.79 Å². The molecule has 1 aromatic heterocycles. The van der Waals surface area contributed by atoms with Gasteiger partial charge in [-0.05, 0) is 48.7 Å². The Bertz CT molecular complexity index is 943. The number of carbonyl (C=O) groups excluding carboxylic acids is 2. The van der Waals surface area contributed by atoms with E-state index in [-0.39, 0.29) is 24.3 Å². The van der Waals surface area contributed by atoms with Crippen LogP contribution in [0.1, 0.15) is 55.9 Å². The summed E-state index contributed by atoms with van der Waals surface area (Å²) < 4.78 is 11.4. The Morgan fingerprint density at radius 2 is 1.83 bits per heavy atom. The predicted octanol–water partition coefficient (Wildman–Crippen LogP) is 4.70. The minimum Gasteiger partial charge on any atom is -0.484 e. The van der Waals surface area contributed by atoms with Gasteiger partial charge in [0.05, 0.1) is 0 Å². The number of nitrogens with zero attached hydrogens (tertiary/aromatic N) is 1. The van der Waals surface area contributed by atoms with Crippen LogP contribution < -0.4 is 10.1 Å². The van der Waals surface area contributed by atoms with Gasteiger partial charge in [0.15, 0.2) is 18.0 Å². The van der Waals surface area contributed by atoms with Crippen molar-refractivity contribution in [1.82, 2.24) is 10.3 Å². The van der Waals surface area contributed by atoms with Gasteiger partial charge in [0.2, 0.25) is 5.89 Å².